The van der Waals surface area contributed by atoms with Crippen molar-refractivity contribution in [2.24, 2.45) is 0 Å². The van der Waals surface area contributed by atoms with Crippen LogP contribution in [0.3, 0.4) is 0 Å². The van der Waals surface area contributed by atoms with E-state index in [1.54, 1.807) is 11.1 Å². The van der Waals surface area contributed by atoms with Gasteiger partial charge in [0.1, 0.15) is 0 Å². The van der Waals surface area contributed by atoms with E-state index in [1.807, 2.05) is 53.1 Å². The van der Waals surface area contributed by atoms with E-state index in [9.17, 15) is 9.59 Å². The summed E-state index contributed by atoms with van der Waals surface area (Å²) >= 11 is 0. The molecule has 1 unspecified atom stereocenters. The average molecular weight is 516 g/mol. The molecule has 8 heteroatoms. The van der Waals surface area contributed by atoms with Gasteiger partial charge in [-0.05, 0) is 48.6 Å². The van der Waals surface area contributed by atoms with Gasteiger partial charge in [-0.15, -0.1) is 0 Å². The van der Waals surface area contributed by atoms with Crippen LogP contribution in [0.5, 0.6) is 0 Å². The molecule has 1 N–H and O–H groups in total. The van der Waals surface area contributed by atoms with Gasteiger partial charge in [0.05, 0.1) is 18.1 Å². The van der Waals surface area contributed by atoms with Gasteiger partial charge in [-0.25, -0.2) is 4.98 Å². The third-order valence-electron chi connectivity index (χ3n) is 7.07. The average Bonchev–Trinajstić information content (AvgIpc) is 3.43. The van der Waals surface area contributed by atoms with Gasteiger partial charge >= 0.3 is 0 Å². The molecule has 8 nitrogen and oxygen atoms in total. The van der Waals surface area contributed by atoms with E-state index in [-0.39, 0.29) is 29.0 Å². The molecule has 1 atom stereocenters. The molecule has 0 aliphatic carbocycles. The van der Waals surface area contributed by atoms with Crippen molar-refractivity contribution >= 4 is 17.5 Å². The molecule has 0 radical (unpaired) electrons. The van der Waals surface area contributed by atoms with E-state index in [2.05, 4.69) is 38.9 Å². The molecule has 1 saturated heterocycles. The summed E-state index contributed by atoms with van der Waals surface area (Å²) in [4.78, 5) is 37.5. The summed E-state index contributed by atoms with van der Waals surface area (Å²) in [5.41, 5.74) is 5.07. The molecule has 0 bridgehead atoms. The number of likely N-dealkylation sites (N-methyl/N-ethyl adjacent to an activating group) is 1. The number of carbonyl (C=O) groups excluding carboxylic acids is 2. The number of aromatic nitrogens is 2. The minimum atomic E-state index is -0.285. The zero-order chi connectivity index (χ0) is 27.4. The van der Waals surface area contributed by atoms with Crippen LogP contribution in [0, 0.1) is 6.92 Å². The predicted octanol–water partition coefficient (Wildman–Crippen LogP) is 4.89. The zero-order valence-electron chi connectivity index (χ0n) is 23.0. The lowest BCUT2D eigenvalue weighted by atomic mass is 9.97. The highest BCUT2D eigenvalue weighted by molar-refractivity contribution is 5.91. The summed E-state index contributed by atoms with van der Waals surface area (Å²) in [6, 6.07) is 8.42. The lowest BCUT2D eigenvalue weighted by Gasteiger charge is -2.39. The molecule has 3 aromatic rings. The number of anilines is 1. The number of hydrogen-bond acceptors (Lipinski definition) is 6. The first-order valence-corrected chi connectivity index (χ1v) is 13.0. The van der Waals surface area contributed by atoms with Crippen LogP contribution in [0.25, 0.3) is 11.1 Å². The third-order valence-corrected chi connectivity index (χ3v) is 7.07. The third kappa shape index (κ3) is 5.96. The van der Waals surface area contributed by atoms with E-state index >= 15 is 0 Å². The fourth-order valence-electron chi connectivity index (χ4n) is 4.75. The zero-order valence-corrected chi connectivity index (χ0v) is 23.0. The van der Waals surface area contributed by atoms with E-state index < -0.39 is 0 Å². The minimum absolute atomic E-state index is 0.0560. The Kier molecular flexibility index (Phi) is 7.99. The Bertz CT molecular complexity index is 1320. The van der Waals surface area contributed by atoms with Crippen molar-refractivity contribution < 1.29 is 14.0 Å². The molecule has 1 aliphatic heterocycles. The van der Waals surface area contributed by atoms with E-state index in [0.29, 0.717) is 12.4 Å². The second-order valence-electron chi connectivity index (χ2n) is 10.9. The van der Waals surface area contributed by atoms with Crippen molar-refractivity contribution in [3.63, 3.8) is 0 Å². The van der Waals surface area contributed by atoms with Crippen molar-refractivity contribution in [3.05, 3.63) is 78.3 Å². The van der Waals surface area contributed by atoms with Gasteiger partial charge in [0.15, 0.2) is 0 Å². The summed E-state index contributed by atoms with van der Waals surface area (Å²) in [5, 5.41) is 2.94. The summed E-state index contributed by atoms with van der Waals surface area (Å²) in [5.74, 6) is 0.410. The molecule has 3 heterocycles. The maximum Gasteiger partial charge on any atom is 0.288 e. The molecule has 200 valence electrons. The summed E-state index contributed by atoms with van der Waals surface area (Å²) in [6.45, 7) is 13.7. The Hall–Kier alpha value is -3.94. The standard InChI is InChI=1S/C30H37N5O3/c1-7-27(36)34(6)23-9-8-14-35(19-23)25-17-31-13-12-24(25)21-10-11-22(20(2)15-21)16-32-28(37)26-18-33-29(38-26)30(3,4)5/h7,10-13,15,17-18,23H,1,8-9,14,16,19H2,2-6H3,(H,32,37). The number of nitrogens with zero attached hydrogens (tertiary/aromatic N) is 4. The molecular formula is C30H37N5O3. The Morgan fingerprint density at radius 2 is 2.05 bits per heavy atom. The van der Waals surface area contributed by atoms with Gasteiger partial charge < -0.3 is 19.5 Å². The van der Waals surface area contributed by atoms with Crippen LogP contribution in [0.1, 0.15) is 61.2 Å². The molecule has 1 aromatic carbocycles. The number of oxazole rings is 1. The van der Waals surface area contributed by atoms with Gasteiger partial charge in [-0.2, -0.15) is 0 Å². The number of rotatable bonds is 7. The Labute approximate surface area is 224 Å². The summed E-state index contributed by atoms with van der Waals surface area (Å²) in [7, 11) is 1.84. The Balaban J connectivity index is 1.48. The molecule has 0 saturated carbocycles. The second-order valence-corrected chi connectivity index (χ2v) is 10.9. The van der Waals surface area contributed by atoms with Crippen LogP contribution in [-0.4, -0.2) is 52.9 Å². The van der Waals surface area contributed by atoms with Crippen molar-refractivity contribution in [2.45, 2.75) is 58.5 Å². The highest BCUT2D eigenvalue weighted by atomic mass is 16.4. The number of pyridine rings is 1. The highest BCUT2D eigenvalue weighted by Gasteiger charge is 2.27. The Morgan fingerprint density at radius 1 is 1.26 bits per heavy atom. The second kappa shape index (κ2) is 11.2. The molecule has 2 aromatic heterocycles. The van der Waals surface area contributed by atoms with Crippen LogP contribution in [0.15, 0.2) is 59.9 Å². The smallest absolute Gasteiger partial charge is 0.288 e. The molecule has 4 rings (SSSR count). The first-order valence-electron chi connectivity index (χ1n) is 13.0. The predicted molar refractivity (Wildman–Crippen MR) is 149 cm³/mol. The van der Waals surface area contributed by atoms with Gasteiger partial charge in [0.25, 0.3) is 5.91 Å². The van der Waals surface area contributed by atoms with Crippen LogP contribution < -0.4 is 10.2 Å². The fourth-order valence-corrected chi connectivity index (χ4v) is 4.75. The molecule has 38 heavy (non-hydrogen) atoms. The van der Waals surface area contributed by atoms with Gasteiger partial charge in [0.2, 0.25) is 17.6 Å². The Morgan fingerprint density at radius 3 is 2.74 bits per heavy atom. The number of aryl methyl sites for hydroxylation is 1. The normalized spacial score (nSPS) is 15.7. The lowest BCUT2D eigenvalue weighted by molar-refractivity contribution is -0.126. The number of carbonyl (C=O) groups is 2. The minimum Gasteiger partial charge on any atom is -0.435 e. The first-order chi connectivity index (χ1) is 18.1. The fraction of sp³-hybridized carbons (Fsp3) is 0.400. The molecule has 0 spiro atoms. The number of nitrogens with one attached hydrogen (secondary N) is 1. The van der Waals surface area contributed by atoms with Gasteiger partial charge in [0, 0.05) is 49.9 Å². The number of benzene rings is 1. The highest BCUT2D eigenvalue weighted by Crippen LogP contribution is 2.33. The van der Waals surface area contributed by atoms with Crippen LogP contribution in [0.2, 0.25) is 0 Å². The monoisotopic (exact) mass is 515 g/mol. The van der Waals surface area contributed by atoms with E-state index in [0.717, 1.165) is 53.9 Å². The SMILES string of the molecule is C=CC(=O)N(C)C1CCCN(c2cnccc2-c2ccc(CNC(=O)c3cnc(C(C)(C)C)o3)c(C)c2)C1. The lowest BCUT2D eigenvalue weighted by Crippen LogP contribution is -2.48. The molecule has 1 fully saturated rings. The van der Waals surface area contributed by atoms with E-state index in [4.69, 9.17) is 4.42 Å². The van der Waals surface area contributed by atoms with Crippen LogP contribution >= 0.6 is 0 Å². The molecular weight excluding hydrogens is 478 g/mol. The molecule has 2 amide bonds. The number of amides is 2. The quantitative estimate of drug-likeness (QED) is 0.451. The van der Waals surface area contributed by atoms with E-state index in [1.165, 1.54) is 12.3 Å². The molecule has 1 aliphatic rings. The van der Waals surface area contributed by atoms with Crippen molar-refractivity contribution in [1.29, 1.82) is 0 Å². The maximum atomic E-state index is 12.6. The topological polar surface area (TPSA) is 91.6 Å². The van der Waals surface area contributed by atoms with Crippen molar-refractivity contribution in [2.75, 3.05) is 25.0 Å². The summed E-state index contributed by atoms with van der Waals surface area (Å²) < 4.78 is 5.66. The van der Waals surface area contributed by atoms with Crippen molar-refractivity contribution in [1.82, 2.24) is 20.2 Å². The number of piperidine rings is 1. The van der Waals surface area contributed by atoms with Crippen LogP contribution in [-0.2, 0) is 16.8 Å². The van der Waals surface area contributed by atoms with Crippen LogP contribution in [0.4, 0.5) is 5.69 Å². The maximum absolute atomic E-state index is 12.6. The first kappa shape index (κ1) is 27.1. The summed E-state index contributed by atoms with van der Waals surface area (Å²) in [6.07, 6.45) is 8.52. The number of hydrogen-bond donors (Lipinski definition) is 1. The van der Waals surface area contributed by atoms with Crippen molar-refractivity contribution in [3.8, 4) is 11.1 Å². The van der Waals surface area contributed by atoms with Gasteiger partial charge in [-0.1, -0.05) is 45.5 Å². The van der Waals surface area contributed by atoms with Gasteiger partial charge in [-0.3, -0.25) is 14.6 Å². The largest absolute Gasteiger partial charge is 0.435 e.